The second-order valence-electron chi connectivity index (χ2n) is 9.13. The van der Waals surface area contributed by atoms with E-state index in [9.17, 15) is 9.59 Å². The summed E-state index contributed by atoms with van der Waals surface area (Å²) in [6, 6.07) is 7.84. The van der Waals surface area contributed by atoms with Gasteiger partial charge in [0.05, 0.1) is 13.2 Å². The molecule has 2 N–H and O–H groups in total. The molecule has 2 heterocycles. The standard InChI is InChI=1S/C25H32BrN3O3/c1-15(2)21(28-25(31)32-3)24(30)29-14-6-9-20(29)23-19-8-5-4-7-18(19)22(27-23)16-10-12-17(26)13-11-16/h10-13,15,20-21,27H,4-9,14H2,1-3H3,(H,28,31). The maximum atomic E-state index is 13.5. The first-order valence-corrected chi connectivity index (χ1v) is 12.3. The second kappa shape index (κ2) is 9.69. The second-order valence-corrected chi connectivity index (χ2v) is 10.0. The van der Waals surface area contributed by atoms with E-state index >= 15 is 0 Å². The van der Waals surface area contributed by atoms with Gasteiger partial charge in [-0.2, -0.15) is 0 Å². The molecule has 2 aliphatic rings. The summed E-state index contributed by atoms with van der Waals surface area (Å²) in [5.74, 6) is -0.0593. The van der Waals surface area contributed by atoms with E-state index in [1.807, 2.05) is 18.7 Å². The van der Waals surface area contributed by atoms with Crippen LogP contribution in [0.25, 0.3) is 11.3 Å². The highest BCUT2D eigenvalue weighted by Crippen LogP contribution is 2.41. The third-order valence-electron chi connectivity index (χ3n) is 6.75. The van der Waals surface area contributed by atoms with Gasteiger partial charge in [0.2, 0.25) is 5.91 Å². The molecule has 1 saturated heterocycles. The molecule has 0 radical (unpaired) electrons. The highest BCUT2D eigenvalue weighted by Gasteiger charge is 2.38. The van der Waals surface area contributed by atoms with Crippen molar-refractivity contribution in [1.29, 1.82) is 0 Å². The molecule has 4 rings (SSSR count). The predicted octanol–water partition coefficient (Wildman–Crippen LogP) is 5.37. The molecule has 1 fully saturated rings. The van der Waals surface area contributed by atoms with Crippen LogP contribution in [0.15, 0.2) is 28.7 Å². The van der Waals surface area contributed by atoms with E-state index in [0.717, 1.165) is 30.2 Å². The first-order valence-electron chi connectivity index (χ1n) is 11.5. The van der Waals surface area contributed by atoms with Gasteiger partial charge in [-0.1, -0.05) is 41.9 Å². The van der Waals surface area contributed by atoms with Crippen molar-refractivity contribution < 1.29 is 14.3 Å². The molecule has 0 spiro atoms. The van der Waals surface area contributed by atoms with Crippen LogP contribution in [0.2, 0.25) is 0 Å². The third-order valence-corrected chi connectivity index (χ3v) is 7.28. The molecule has 2 unspecified atom stereocenters. The quantitative estimate of drug-likeness (QED) is 0.578. The van der Waals surface area contributed by atoms with Gasteiger partial charge in [0.25, 0.3) is 0 Å². The van der Waals surface area contributed by atoms with Gasteiger partial charge in [0, 0.05) is 22.4 Å². The van der Waals surface area contributed by atoms with E-state index in [0.29, 0.717) is 6.54 Å². The predicted molar refractivity (Wildman–Crippen MR) is 128 cm³/mol. The largest absolute Gasteiger partial charge is 0.453 e. The van der Waals surface area contributed by atoms with Crippen molar-refractivity contribution >= 4 is 27.9 Å². The van der Waals surface area contributed by atoms with Crippen molar-refractivity contribution in [1.82, 2.24) is 15.2 Å². The van der Waals surface area contributed by atoms with Gasteiger partial charge in [-0.25, -0.2) is 4.79 Å². The summed E-state index contributed by atoms with van der Waals surface area (Å²) in [6.45, 7) is 4.61. The molecular weight excluding hydrogens is 470 g/mol. The van der Waals surface area contributed by atoms with Crippen LogP contribution < -0.4 is 5.32 Å². The highest BCUT2D eigenvalue weighted by atomic mass is 79.9. The molecule has 7 heteroatoms. The fourth-order valence-electron chi connectivity index (χ4n) is 5.12. The number of benzene rings is 1. The summed E-state index contributed by atoms with van der Waals surface area (Å²) >= 11 is 3.53. The number of fused-ring (bicyclic) bond motifs is 1. The SMILES string of the molecule is COC(=O)NC(C(=O)N1CCCC1c1[nH]c(-c2ccc(Br)cc2)c2c1CCCC2)C(C)C. The number of methoxy groups -OCH3 is 1. The number of hydrogen-bond acceptors (Lipinski definition) is 3. The minimum Gasteiger partial charge on any atom is -0.453 e. The molecule has 0 bridgehead atoms. The molecule has 2 atom stereocenters. The Hall–Kier alpha value is -2.28. The summed E-state index contributed by atoms with van der Waals surface area (Å²) in [6.07, 6.45) is 5.81. The summed E-state index contributed by atoms with van der Waals surface area (Å²) in [7, 11) is 1.32. The van der Waals surface area contributed by atoms with Gasteiger partial charge in [0.1, 0.15) is 6.04 Å². The summed E-state index contributed by atoms with van der Waals surface area (Å²) in [4.78, 5) is 31.1. The zero-order chi connectivity index (χ0) is 22.8. The molecule has 2 aromatic rings. The Kier molecular flexibility index (Phi) is 6.93. The van der Waals surface area contributed by atoms with Crippen molar-refractivity contribution in [2.45, 2.75) is 64.5 Å². The van der Waals surface area contributed by atoms with E-state index in [4.69, 9.17) is 4.74 Å². The zero-order valence-corrected chi connectivity index (χ0v) is 20.6. The minimum atomic E-state index is -0.597. The number of aromatic amines is 1. The fourth-order valence-corrected chi connectivity index (χ4v) is 5.38. The number of nitrogens with one attached hydrogen (secondary N) is 2. The number of amides is 2. The van der Waals surface area contributed by atoms with Gasteiger partial charge >= 0.3 is 6.09 Å². The van der Waals surface area contributed by atoms with Crippen LogP contribution in [-0.2, 0) is 22.4 Å². The molecular formula is C25H32BrN3O3. The molecule has 6 nitrogen and oxygen atoms in total. The number of ether oxygens (including phenoxy) is 1. The molecule has 32 heavy (non-hydrogen) atoms. The molecule has 1 aromatic carbocycles. The summed E-state index contributed by atoms with van der Waals surface area (Å²) in [5.41, 5.74) is 6.35. The van der Waals surface area contributed by atoms with Crippen LogP contribution in [0.4, 0.5) is 4.79 Å². The average molecular weight is 502 g/mol. The smallest absolute Gasteiger partial charge is 0.407 e. The number of hydrogen-bond donors (Lipinski definition) is 2. The number of carbonyl (C=O) groups is 2. The average Bonchev–Trinajstić information content (AvgIpc) is 3.42. The van der Waals surface area contributed by atoms with Crippen LogP contribution in [0.1, 0.15) is 62.4 Å². The molecule has 172 valence electrons. The summed E-state index contributed by atoms with van der Waals surface area (Å²) < 4.78 is 5.82. The first kappa shape index (κ1) is 22.9. The van der Waals surface area contributed by atoms with Crippen molar-refractivity contribution in [3.8, 4) is 11.3 Å². The number of alkyl carbamates (subject to hydrolysis) is 1. The van der Waals surface area contributed by atoms with E-state index in [1.165, 1.54) is 48.0 Å². The molecule has 2 amide bonds. The van der Waals surface area contributed by atoms with Crippen molar-refractivity contribution in [2.75, 3.05) is 13.7 Å². The van der Waals surface area contributed by atoms with Crippen molar-refractivity contribution in [2.24, 2.45) is 5.92 Å². The molecule has 1 aliphatic heterocycles. The molecule has 1 aromatic heterocycles. The van der Waals surface area contributed by atoms with Gasteiger partial charge < -0.3 is 19.9 Å². The van der Waals surface area contributed by atoms with Crippen LogP contribution in [0.3, 0.4) is 0 Å². The topological polar surface area (TPSA) is 74.4 Å². The Morgan fingerprint density at radius 3 is 2.47 bits per heavy atom. The normalized spacial score (nSPS) is 19.0. The van der Waals surface area contributed by atoms with Crippen LogP contribution in [-0.4, -0.2) is 41.6 Å². The third kappa shape index (κ3) is 4.45. The lowest BCUT2D eigenvalue weighted by Crippen LogP contribution is -2.51. The molecule has 0 saturated carbocycles. The maximum Gasteiger partial charge on any atom is 0.407 e. The monoisotopic (exact) mass is 501 g/mol. The first-order chi connectivity index (χ1) is 15.4. The van der Waals surface area contributed by atoms with Crippen molar-refractivity contribution in [3.05, 3.63) is 45.6 Å². The lowest BCUT2D eigenvalue weighted by molar-refractivity contribution is -0.135. The van der Waals surface area contributed by atoms with Crippen molar-refractivity contribution in [3.63, 3.8) is 0 Å². The van der Waals surface area contributed by atoms with E-state index in [-0.39, 0.29) is 17.9 Å². The summed E-state index contributed by atoms with van der Waals surface area (Å²) in [5, 5.41) is 2.75. The van der Waals surface area contributed by atoms with Crippen LogP contribution >= 0.6 is 15.9 Å². The lowest BCUT2D eigenvalue weighted by atomic mass is 9.89. The number of likely N-dealkylation sites (tertiary alicyclic amines) is 1. The van der Waals surface area contributed by atoms with Gasteiger partial charge in [0.15, 0.2) is 0 Å². The van der Waals surface area contributed by atoms with E-state index in [2.05, 4.69) is 50.5 Å². The number of halogens is 1. The van der Waals surface area contributed by atoms with E-state index in [1.54, 1.807) is 0 Å². The number of rotatable bonds is 5. The van der Waals surface area contributed by atoms with Crippen LogP contribution in [0.5, 0.6) is 0 Å². The Morgan fingerprint density at radius 1 is 1.12 bits per heavy atom. The van der Waals surface area contributed by atoms with Gasteiger partial charge in [-0.3, -0.25) is 4.79 Å². The Bertz CT molecular complexity index is 983. The number of carbonyl (C=O) groups excluding carboxylic acids is 2. The Labute approximate surface area is 198 Å². The fraction of sp³-hybridized carbons (Fsp3) is 0.520. The number of aromatic nitrogens is 1. The Morgan fingerprint density at radius 2 is 1.81 bits per heavy atom. The number of nitrogens with zero attached hydrogens (tertiary/aromatic N) is 1. The van der Waals surface area contributed by atoms with Gasteiger partial charge in [-0.15, -0.1) is 0 Å². The lowest BCUT2D eigenvalue weighted by Gasteiger charge is -2.31. The van der Waals surface area contributed by atoms with Crippen LogP contribution in [0, 0.1) is 5.92 Å². The number of H-pyrrole nitrogens is 1. The highest BCUT2D eigenvalue weighted by molar-refractivity contribution is 9.10. The van der Waals surface area contributed by atoms with E-state index < -0.39 is 12.1 Å². The van der Waals surface area contributed by atoms with Gasteiger partial charge in [-0.05, 0) is 73.3 Å². The molecule has 1 aliphatic carbocycles. The Balaban J connectivity index is 1.68. The maximum absolute atomic E-state index is 13.5. The minimum absolute atomic E-state index is 0.0132. The zero-order valence-electron chi connectivity index (χ0n) is 19.0.